The molecule has 7 heteroatoms. The molecule has 1 aromatic carbocycles. The van der Waals surface area contributed by atoms with Gasteiger partial charge in [-0.05, 0) is 24.3 Å². The predicted molar refractivity (Wildman–Crippen MR) is 71.8 cm³/mol. The van der Waals surface area contributed by atoms with Crippen molar-refractivity contribution in [2.45, 2.75) is 12.5 Å². The highest BCUT2D eigenvalue weighted by molar-refractivity contribution is 7.99. The lowest BCUT2D eigenvalue weighted by Crippen LogP contribution is -2.37. The number of carbonyl (C=O) groups excluding carboxylic acids is 1. The first-order chi connectivity index (χ1) is 8.83. The minimum absolute atomic E-state index is 0.182. The Kier molecular flexibility index (Phi) is 3.06. The molecule has 1 aromatic heterocycles. The minimum Gasteiger partial charge on any atom is -0.334 e. The van der Waals surface area contributed by atoms with Gasteiger partial charge in [0.1, 0.15) is 11.0 Å². The highest BCUT2D eigenvalue weighted by Crippen LogP contribution is 2.20. The summed E-state index contributed by atoms with van der Waals surface area (Å²) in [5.41, 5.74) is 2.09. The molecular weight excluding hydrogens is 250 g/mol. The molecule has 1 fully saturated rings. The van der Waals surface area contributed by atoms with Gasteiger partial charge in [-0.1, -0.05) is 6.07 Å². The Bertz CT molecular complexity index is 563. The van der Waals surface area contributed by atoms with Crippen molar-refractivity contribution in [3.63, 3.8) is 0 Å². The number of amides is 2. The van der Waals surface area contributed by atoms with Crippen LogP contribution in [-0.4, -0.2) is 39.0 Å². The normalized spacial score (nSPS) is 19.0. The van der Waals surface area contributed by atoms with E-state index < -0.39 is 0 Å². The molecule has 3 N–H and O–H groups in total. The highest BCUT2D eigenvalue weighted by Gasteiger charge is 2.18. The number of thioether (sulfide) groups is 1. The van der Waals surface area contributed by atoms with E-state index in [0.29, 0.717) is 11.2 Å². The fourth-order valence-electron chi connectivity index (χ4n) is 1.96. The summed E-state index contributed by atoms with van der Waals surface area (Å²) in [6.45, 7) is 0. The van der Waals surface area contributed by atoms with Crippen LogP contribution in [0.2, 0.25) is 0 Å². The third-order valence-corrected chi connectivity index (χ3v) is 4.02. The van der Waals surface area contributed by atoms with Crippen LogP contribution in [0.4, 0.5) is 10.5 Å². The van der Waals surface area contributed by atoms with Crippen molar-refractivity contribution < 1.29 is 4.79 Å². The number of aromatic amines is 1. The third-order valence-electron chi connectivity index (χ3n) is 2.86. The van der Waals surface area contributed by atoms with Crippen molar-refractivity contribution in [2.24, 2.45) is 0 Å². The molecule has 94 valence electrons. The quantitative estimate of drug-likeness (QED) is 0.768. The Hall–Kier alpha value is -1.76. The van der Waals surface area contributed by atoms with Crippen LogP contribution in [0.1, 0.15) is 6.42 Å². The van der Waals surface area contributed by atoms with Crippen LogP contribution in [0, 0.1) is 0 Å². The molecule has 0 bridgehead atoms. The molecule has 1 saturated heterocycles. The first-order valence-electron chi connectivity index (χ1n) is 5.78. The smallest absolute Gasteiger partial charge is 0.319 e. The Labute approximate surface area is 108 Å². The summed E-state index contributed by atoms with van der Waals surface area (Å²) in [7, 11) is 0. The van der Waals surface area contributed by atoms with Crippen LogP contribution in [0.3, 0.4) is 0 Å². The van der Waals surface area contributed by atoms with E-state index in [1.165, 1.54) is 0 Å². The van der Waals surface area contributed by atoms with Crippen LogP contribution in [0.25, 0.3) is 11.0 Å². The number of hydrogen-bond donors (Lipinski definition) is 3. The first-order valence-corrected chi connectivity index (χ1v) is 6.93. The summed E-state index contributed by atoms with van der Waals surface area (Å²) in [4.78, 5) is 11.8. The van der Waals surface area contributed by atoms with Crippen molar-refractivity contribution >= 4 is 34.5 Å². The summed E-state index contributed by atoms with van der Waals surface area (Å²) in [5.74, 6) is 2.10. The van der Waals surface area contributed by atoms with Gasteiger partial charge in [0.05, 0.1) is 5.69 Å². The average Bonchev–Trinajstić information content (AvgIpc) is 2.99. The van der Waals surface area contributed by atoms with Crippen LogP contribution < -0.4 is 10.6 Å². The number of carbonyl (C=O) groups is 1. The number of urea groups is 1. The van der Waals surface area contributed by atoms with Gasteiger partial charge < -0.3 is 10.6 Å². The molecule has 18 heavy (non-hydrogen) atoms. The second-order valence-electron chi connectivity index (χ2n) is 4.16. The summed E-state index contributed by atoms with van der Waals surface area (Å²) >= 11 is 1.86. The van der Waals surface area contributed by atoms with E-state index in [9.17, 15) is 4.79 Å². The number of H-pyrrole nitrogens is 1. The topological polar surface area (TPSA) is 82.7 Å². The molecule has 2 heterocycles. The van der Waals surface area contributed by atoms with Crippen molar-refractivity contribution in [1.82, 2.24) is 20.7 Å². The number of anilines is 1. The van der Waals surface area contributed by atoms with Gasteiger partial charge in [-0.3, -0.25) is 0 Å². The summed E-state index contributed by atoms with van der Waals surface area (Å²) in [5, 5.41) is 16.3. The van der Waals surface area contributed by atoms with Crippen molar-refractivity contribution in [3.05, 3.63) is 18.2 Å². The number of aromatic nitrogens is 3. The zero-order valence-electron chi connectivity index (χ0n) is 9.64. The van der Waals surface area contributed by atoms with Crippen LogP contribution in [0.5, 0.6) is 0 Å². The zero-order chi connectivity index (χ0) is 12.4. The monoisotopic (exact) mass is 263 g/mol. The molecule has 1 aliphatic heterocycles. The number of nitrogens with one attached hydrogen (secondary N) is 3. The van der Waals surface area contributed by atoms with Gasteiger partial charge in [-0.15, -0.1) is 0 Å². The lowest BCUT2D eigenvalue weighted by Gasteiger charge is -2.12. The van der Waals surface area contributed by atoms with E-state index >= 15 is 0 Å². The summed E-state index contributed by atoms with van der Waals surface area (Å²) in [6.07, 6.45) is 1.03. The van der Waals surface area contributed by atoms with E-state index in [1.807, 2.05) is 30.0 Å². The Morgan fingerprint density at radius 2 is 2.39 bits per heavy atom. The van der Waals surface area contributed by atoms with Gasteiger partial charge in [-0.25, -0.2) is 4.79 Å². The molecule has 1 aliphatic rings. The van der Waals surface area contributed by atoms with Gasteiger partial charge in [0, 0.05) is 11.8 Å². The van der Waals surface area contributed by atoms with Gasteiger partial charge in [-0.2, -0.15) is 27.2 Å². The molecule has 0 spiro atoms. The van der Waals surface area contributed by atoms with Crippen LogP contribution in [0.15, 0.2) is 18.2 Å². The fourth-order valence-corrected chi connectivity index (χ4v) is 3.11. The van der Waals surface area contributed by atoms with E-state index in [-0.39, 0.29) is 12.1 Å². The number of hydrogen-bond acceptors (Lipinski definition) is 4. The maximum Gasteiger partial charge on any atom is 0.319 e. The lowest BCUT2D eigenvalue weighted by molar-refractivity contribution is 0.249. The zero-order valence-corrected chi connectivity index (χ0v) is 10.5. The van der Waals surface area contributed by atoms with Gasteiger partial charge in [0.25, 0.3) is 0 Å². The van der Waals surface area contributed by atoms with Crippen LogP contribution in [-0.2, 0) is 0 Å². The molecule has 3 rings (SSSR count). The van der Waals surface area contributed by atoms with Crippen molar-refractivity contribution in [1.29, 1.82) is 0 Å². The highest BCUT2D eigenvalue weighted by atomic mass is 32.2. The van der Waals surface area contributed by atoms with Gasteiger partial charge in [0.15, 0.2) is 0 Å². The first kappa shape index (κ1) is 11.3. The van der Waals surface area contributed by atoms with E-state index in [0.717, 1.165) is 23.4 Å². The van der Waals surface area contributed by atoms with Gasteiger partial charge >= 0.3 is 6.03 Å². The number of para-hydroxylation sites is 1. The standard InChI is InChI=1S/C11H13N5OS/c17-11(12-7-4-5-18-6-7)13-8-2-1-3-9-10(8)15-16-14-9/h1-3,7H,4-6H2,(H2,12,13,17)(H,14,15,16)/t7-/m1/s1. The van der Waals surface area contributed by atoms with Crippen molar-refractivity contribution in [2.75, 3.05) is 16.8 Å². The van der Waals surface area contributed by atoms with Crippen molar-refractivity contribution in [3.8, 4) is 0 Å². The Morgan fingerprint density at radius 1 is 1.44 bits per heavy atom. The minimum atomic E-state index is -0.182. The van der Waals surface area contributed by atoms with E-state index in [2.05, 4.69) is 26.0 Å². The Morgan fingerprint density at radius 3 is 3.22 bits per heavy atom. The largest absolute Gasteiger partial charge is 0.334 e. The molecule has 0 unspecified atom stereocenters. The average molecular weight is 263 g/mol. The maximum absolute atomic E-state index is 11.8. The number of rotatable bonds is 2. The predicted octanol–water partition coefficient (Wildman–Crippen LogP) is 1.58. The molecule has 6 nitrogen and oxygen atoms in total. The molecule has 2 amide bonds. The molecule has 0 saturated carbocycles. The molecule has 0 aliphatic carbocycles. The molecule has 0 radical (unpaired) electrons. The SMILES string of the molecule is O=C(Nc1cccc2n[nH]nc12)N[C@@H]1CCSC1. The van der Waals surface area contributed by atoms with Crippen LogP contribution >= 0.6 is 11.8 Å². The summed E-state index contributed by atoms with van der Waals surface area (Å²) in [6, 6.07) is 5.58. The second-order valence-corrected chi connectivity index (χ2v) is 5.31. The molecule has 1 atom stereocenters. The fraction of sp³-hybridized carbons (Fsp3) is 0.364. The van der Waals surface area contributed by atoms with E-state index in [4.69, 9.17) is 0 Å². The Balaban J connectivity index is 1.71. The molecular formula is C11H13N5OS. The van der Waals surface area contributed by atoms with E-state index in [1.54, 1.807) is 0 Å². The summed E-state index contributed by atoms with van der Waals surface area (Å²) < 4.78 is 0. The lowest BCUT2D eigenvalue weighted by atomic mass is 10.2. The number of fused-ring (bicyclic) bond motifs is 1. The number of benzene rings is 1. The van der Waals surface area contributed by atoms with Gasteiger partial charge in [0.2, 0.25) is 0 Å². The third kappa shape index (κ3) is 2.26. The molecule has 2 aromatic rings. The second kappa shape index (κ2) is 4.85. The maximum atomic E-state index is 11.8. The number of nitrogens with zero attached hydrogens (tertiary/aromatic N) is 2.